The zero-order valence-corrected chi connectivity index (χ0v) is 10.5. The van der Waals surface area contributed by atoms with Crippen molar-refractivity contribution >= 4 is 0 Å². The van der Waals surface area contributed by atoms with Crippen molar-refractivity contribution < 1.29 is 24.8 Å². The molecule has 0 aromatic heterocycles. The normalized spacial score (nSPS) is 38.6. The van der Waals surface area contributed by atoms with E-state index >= 15 is 0 Å². The lowest BCUT2D eigenvalue weighted by Gasteiger charge is -2.40. The van der Waals surface area contributed by atoms with Crippen LogP contribution in [0.5, 0.6) is 0 Å². The van der Waals surface area contributed by atoms with Gasteiger partial charge >= 0.3 is 0 Å². The van der Waals surface area contributed by atoms with Gasteiger partial charge in [-0.05, 0) is 13.0 Å². The summed E-state index contributed by atoms with van der Waals surface area (Å²) < 4.78 is 10.8. The molecule has 0 aromatic rings. The third-order valence-corrected chi connectivity index (χ3v) is 2.67. The highest BCUT2D eigenvalue weighted by atomic mass is 16.7. The van der Waals surface area contributed by atoms with Gasteiger partial charge in [-0.15, -0.1) is 0 Å². The van der Waals surface area contributed by atoms with Crippen LogP contribution in [0.4, 0.5) is 0 Å². The average Bonchev–Trinajstić information content (AvgIpc) is 2.28. The van der Waals surface area contributed by atoms with Crippen LogP contribution < -0.4 is 5.32 Å². The number of hydrogen-bond acceptors (Lipinski definition) is 6. The van der Waals surface area contributed by atoms with Crippen LogP contribution in [0.15, 0.2) is 0 Å². The second-order valence-corrected chi connectivity index (χ2v) is 4.80. The Hall–Kier alpha value is -0.240. The van der Waals surface area contributed by atoms with E-state index in [1.165, 1.54) is 0 Å². The van der Waals surface area contributed by atoms with Crippen molar-refractivity contribution in [1.29, 1.82) is 0 Å². The molecule has 0 spiro atoms. The molecule has 17 heavy (non-hydrogen) atoms. The van der Waals surface area contributed by atoms with Gasteiger partial charge in [-0.3, -0.25) is 0 Å². The number of aliphatic hydroxyl groups is 3. The molecule has 1 aliphatic heterocycles. The second kappa shape index (κ2) is 6.63. The molecule has 102 valence electrons. The predicted octanol–water partition coefficient (Wildman–Crippen LogP) is -1.31. The largest absolute Gasteiger partial charge is 0.388 e. The van der Waals surface area contributed by atoms with Gasteiger partial charge in [-0.2, -0.15) is 0 Å². The summed E-state index contributed by atoms with van der Waals surface area (Å²) in [5, 5.41) is 32.0. The first kappa shape index (κ1) is 14.8. The van der Waals surface area contributed by atoms with Crippen molar-refractivity contribution in [3.63, 3.8) is 0 Å². The number of hydrogen-bond donors (Lipinski definition) is 4. The van der Waals surface area contributed by atoms with Gasteiger partial charge in [-0.25, -0.2) is 0 Å². The van der Waals surface area contributed by atoms with Gasteiger partial charge in [0.15, 0.2) is 6.29 Å². The van der Waals surface area contributed by atoms with E-state index in [-0.39, 0.29) is 0 Å². The van der Waals surface area contributed by atoms with E-state index < -0.39 is 30.7 Å². The van der Waals surface area contributed by atoms with E-state index in [4.69, 9.17) is 9.47 Å². The van der Waals surface area contributed by atoms with Crippen molar-refractivity contribution in [3.05, 3.63) is 0 Å². The zero-order valence-electron chi connectivity index (χ0n) is 10.5. The molecule has 5 atom stereocenters. The molecule has 0 radical (unpaired) electrons. The molecule has 0 aliphatic carbocycles. The Bertz CT molecular complexity index is 226. The van der Waals surface area contributed by atoms with E-state index in [1.807, 2.05) is 13.8 Å². The monoisotopic (exact) mass is 249 g/mol. The van der Waals surface area contributed by atoms with E-state index in [0.29, 0.717) is 19.1 Å². The van der Waals surface area contributed by atoms with Gasteiger partial charge < -0.3 is 30.1 Å². The Morgan fingerprint density at radius 2 is 1.82 bits per heavy atom. The topological polar surface area (TPSA) is 91.2 Å². The number of likely N-dealkylation sites (N-methyl/N-ethyl adjacent to an activating group) is 1. The molecule has 1 rings (SSSR count). The van der Waals surface area contributed by atoms with E-state index in [9.17, 15) is 15.3 Å². The molecule has 1 saturated heterocycles. The minimum atomic E-state index is -1.25. The highest BCUT2D eigenvalue weighted by Gasteiger charge is 2.43. The average molecular weight is 249 g/mol. The Balaban J connectivity index is 2.58. The fourth-order valence-electron chi connectivity index (χ4n) is 1.71. The molecule has 1 unspecified atom stereocenters. The molecule has 6 nitrogen and oxygen atoms in total. The van der Waals surface area contributed by atoms with Crippen LogP contribution in [0.25, 0.3) is 0 Å². The SMILES string of the molecule is CNC[C@H]1OC(OCC(C)C)[C@H](O)[C@@H](O)[C@@H]1O. The van der Waals surface area contributed by atoms with Gasteiger partial charge in [-0.1, -0.05) is 13.8 Å². The molecule has 6 heteroatoms. The molecule has 4 N–H and O–H groups in total. The minimum Gasteiger partial charge on any atom is -0.388 e. The molecular weight excluding hydrogens is 226 g/mol. The lowest BCUT2D eigenvalue weighted by atomic mass is 9.99. The van der Waals surface area contributed by atoms with Crippen LogP contribution in [0.3, 0.4) is 0 Å². The highest BCUT2D eigenvalue weighted by Crippen LogP contribution is 2.22. The number of ether oxygens (including phenoxy) is 2. The quantitative estimate of drug-likeness (QED) is 0.483. The first-order chi connectivity index (χ1) is 7.97. The first-order valence-corrected chi connectivity index (χ1v) is 5.93. The lowest BCUT2D eigenvalue weighted by molar-refractivity contribution is -0.297. The summed E-state index contributed by atoms with van der Waals surface area (Å²) in [6, 6.07) is 0. The maximum atomic E-state index is 9.73. The number of nitrogens with one attached hydrogen (secondary N) is 1. The standard InChI is InChI=1S/C11H23NO5/c1-6(2)5-16-11-10(15)9(14)8(13)7(17-11)4-12-3/h6-15H,4-5H2,1-3H3/t7-,8-,9+,10-,11?/m1/s1. The summed E-state index contributed by atoms with van der Waals surface area (Å²) in [6.07, 6.45) is -5.07. The van der Waals surface area contributed by atoms with E-state index in [1.54, 1.807) is 7.05 Å². The van der Waals surface area contributed by atoms with Gasteiger partial charge in [0.1, 0.15) is 24.4 Å². The second-order valence-electron chi connectivity index (χ2n) is 4.80. The summed E-state index contributed by atoms with van der Waals surface area (Å²) in [4.78, 5) is 0. The van der Waals surface area contributed by atoms with Crippen LogP contribution in [0.1, 0.15) is 13.8 Å². The third kappa shape index (κ3) is 3.87. The van der Waals surface area contributed by atoms with Crippen LogP contribution in [0.2, 0.25) is 0 Å². The van der Waals surface area contributed by atoms with E-state index in [0.717, 1.165) is 0 Å². The minimum absolute atomic E-state index is 0.303. The first-order valence-electron chi connectivity index (χ1n) is 5.93. The highest BCUT2D eigenvalue weighted by molar-refractivity contribution is 4.89. The van der Waals surface area contributed by atoms with E-state index in [2.05, 4.69) is 5.32 Å². The Morgan fingerprint density at radius 3 is 2.35 bits per heavy atom. The Kier molecular flexibility index (Phi) is 5.78. The summed E-state index contributed by atoms with van der Waals surface area (Å²) in [5.74, 6) is 0.303. The Morgan fingerprint density at radius 1 is 1.18 bits per heavy atom. The summed E-state index contributed by atoms with van der Waals surface area (Å²) in [6.45, 7) is 4.76. The van der Waals surface area contributed by atoms with Crippen molar-refractivity contribution in [1.82, 2.24) is 5.32 Å². The lowest BCUT2D eigenvalue weighted by Crippen LogP contribution is -2.60. The summed E-state index contributed by atoms with van der Waals surface area (Å²) in [7, 11) is 1.72. The summed E-state index contributed by atoms with van der Waals surface area (Å²) in [5.41, 5.74) is 0. The van der Waals surface area contributed by atoms with Crippen LogP contribution in [-0.2, 0) is 9.47 Å². The zero-order chi connectivity index (χ0) is 13.0. The molecule has 0 bridgehead atoms. The van der Waals surface area contributed by atoms with Crippen molar-refractivity contribution in [2.45, 2.75) is 44.6 Å². The van der Waals surface area contributed by atoms with Gasteiger partial charge in [0.2, 0.25) is 0 Å². The van der Waals surface area contributed by atoms with Gasteiger partial charge in [0.25, 0.3) is 0 Å². The molecule has 0 aromatic carbocycles. The fraction of sp³-hybridized carbons (Fsp3) is 1.00. The molecule has 1 heterocycles. The third-order valence-electron chi connectivity index (χ3n) is 2.67. The van der Waals surface area contributed by atoms with Crippen LogP contribution in [-0.4, -0.2) is 66.2 Å². The smallest absolute Gasteiger partial charge is 0.186 e. The van der Waals surface area contributed by atoms with Crippen molar-refractivity contribution in [3.8, 4) is 0 Å². The van der Waals surface area contributed by atoms with Crippen molar-refractivity contribution in [2.75, 3.05) is 20.2 Å². The predicted molar refractivity (Wildman–Crippen MR) is 61.4 cm³/mol. The molecule has 1 aliphatic rings. The molecule has 0 saturated carbocycles. The number of aliphatic hydroxyl groups excluding tert-OH is 3. The number of rotatable bonds is 5. The van der Waals surface area contributed by atoms with Crippen LogP contribution in [0, 0.1) is 5.92 Å². The molecule has 0 amide bonds. The fourth-order valence-corrected chi connectivity index (χ4v) is 1.71. The Labute approximate surface area is 102 Å². The summed E-state index contributed by atoms with van der Waals surface area (Å²) >= 11 is 0. The van der Waals surface area contributed by atoms with Crippen LogP contribution >= 0.6 is 0 Å². The molecule has 1 fully saturated rings. The van der Waals surface area contributed by atoms with Gasteiger partial charge in [0, 0.05) is 6.54 Å². The van der Waals surface area contributed by atoms with Crippen molar-refractivity contribution in [2.24, 2.45) is 5.92 Å². The maximum absolute atomic E-state index is 9.73. The molecular formula is C11H23NO5. The van der Waals surface area contributed by atoms with Gasteiger partial charge in [0.05, 0.1) is 6.61 Å². The maximum Gasteiger partial charge on any atom is 0.186 e.